The number of carbonyl (C=O) groups is 1. The van der Waals surface area contributed by atoms with Gasteiger partial charge >= 0.3 is 6.18 Å². The molecule has 0 saturated carbocycles. The molecular weight excluding hydrogens is 271 g/mol. The highest BCUT2D eigenvalue weighted by molar-refractivity contribution is 5.81. The summed E-state index contributed by atoms with van der Waals surface area (Å²) >= 11 is 0. The molecule has 1 aromatic rings. The molecule has 0 spiro atoms. The topological polar surface area (TPSA) is 58.4 Å². The highest BCUT2D eigenvalue weighted by Gasteiger charge is 2.31. The Kier molecular flexibility index (Phi) is 5.38. The zero-order valence-electron chi connectivity index (χ0n) is 11.4. The quantitative estimate of drug-likeness (QED) is 0.868. The predicted octanol–water partition coefficient (Wildman–Crippen LogP) is 1.74. The van der Waals surface area contributed by atoms with Gasteiger partial charge in [0, 0.05) is 25.8 Å². The van der Waals surface area contributed by atoms with Gasteiger partial charge in [0.05, 0.1) is 12.1 Å². The van der Waals surface area contributed by atoms with Gasteiger partial charge in [0.1, 0.15) is 0 Å². The average molecular weight is 289 g/mol. The Morgan fingerprint density at radius 3 is 2.55 bits per heavy atom. The predicted molar refractivity (Wildman–Crippen MR) is 71.3 cm³/mol. The maximum absolute atomic E-state index is 12.6. The first-order valence-corrected chi connectivity index (χ1v) is 6.17. The third-order valence-corrected chi connectivity index (χ3v) is 2.79. The summed E-state index contributed by atoms with van der Waals surface area (Å²) in [5.41, 5.74) is 5.63. The van der Waals surface area contributed by atoms with Gasteiger partial charge in [0.15, 0.2) is 0 Å². The van der Waals surface area contributed by atoms with Crippen LogP contribution < -0.4 is 16.0 Å². The molecule has 3 N–H and O–H groups in total. The van der Waals surface area contributed by atoms with E-state index in [9.17, 15) is 18.0 Å². The molecule has 112 valence electrons. The molecule has 0 saturated heterocycles. The van der Waals surface area contributed by atoms with Crippen molar-refractivity contribution in [3.05, 3.63) is 29.3 Å². The summed E-state index contributed by atoms with van der Waals surface area (Å²) in [6.45, 7) is 2.33. The van der Waals surface area contributed by atoms with Gasteiger partial charge in [-0.05, 0) is 30.7 Å². The van der Waals surface area contributed by atoms with Crippen molar-refractivity contribution in [3.8, 4) is 0 Å². The minimum atomic E-state index is -4.40. The number of benzene rings is 1. The third kappa shape index (κ3) is 4.12. The van der Waals surface area contributed by atoms with Crippen molar-refractivity contribution in [3.63, 3.8) is 0 Å². The van der Waals surface area contributed by atoms with Gasteiger partial charge in [-0.3, -0.25) is 4.79 Å². The van der Waals surface area contributed by atoms with Crippen molar-refractivity contribution in [2.45, 2.75) is 19.6 Å². The third-order valence-electron chi connectivity index (χ3n) is 2.79. The molecule has 1 rings (SSSR count). The number of hydrogen-bond acceptors (Lipinski definition) is 3. The largest absolute Gasteiger partial charge is 0.416 e. The van der Waals surface area contributed by atoms with E-state index in [-0.39, 0.29) is 19.0 Å². The Labute approximate surface area is 115 Å². The van der Waals surface area contributed by atoms with Crippen molar-refractivity contribution in [1.29, 1.82) is 0 Å². The van der Waals surface area contributed by atoms with E-state index in [0.29, 0.717) is 17.8 Å². The van der Waals surface area contributed by atoms with E-state index in [1.54, 1.807) is 18.9 Å². The fourth-order valence-electron chi connectivity index (χ4n) is 1.85. The molecule has 4 nitrogen and oxygen atoms in total. The van der Waals surface area contributed by atoms with Crippen LogP contribution in [0.5, 0.6) is 0 Å². The number of nitrogens with two attached hydrogens (primary N) is 1. The van der Waals surface area contributed by atoms with Gasteiger partial charge in [0.25, 0.3) is 0 Å². The number of halogens is 3. The highest BCUT2D eigenvalue weighted by Crippen LogP contribution is 2.32. The van der Waals surface area contributed by atoms with Gasteiger partial charge in [-0.25, -0.2) is 0 Å². The smallest absolute Gasteiger partial charge is 0.365 e. The maximum Gasteiger partial charge on any atom is 0.416 e. The molecule has 0 radical (unpaired) electrons. The fraction of sp³-hybridized carbons (Fsp3) is 0.462. The summed E-state index contributed by atoms with van der Waals surface area (Å²) in [6, 6.07) is 3.34. The van der Waals surface area contributed by atoms with E-state index in [4.69, 9.17) is 5.73 Å². The molecule has 0 heterocycles. The number of carbonyl (C=O) groups excluding carboxylic acids is 1. The Bertz CT molecular complexity index is 474. The molecule has 0 unspecified atom stereocenters. The van der Waals surface area contributed by atoms with Crippen molar-refractivity contribution >= 4 is 11.6 Å². The molecule has 7 heteroatoms. The van der Waals surface area contributed by atoms with Crippen molar-refractivity contribution < 1.29 is 18.0 Å². The molecule has 0 aliphatic carbocycles. The van der Waals surface area contributed by atoms with E-state index >= 15 is 0 Å². The summed E-state index contributed by atoms with van der Waals surface area (Å²) in [7, 11) is 1.64. The number of nitrogens with one attached hydrogen (secondary N) is 1. The first-order chi connectivity index (χ1) is 9.29. The van der Waals surface area contributed by atoms with Crippen LogP contribution in [0.2, 0.25) is 0 Å². The van der Waals surface area contributed by atoms with Gasteiger partial charge < -0.3 is 16.0 Å². The zero-order valence-corrected chi connectivity index (χ0v) is 11.4. The molecule has 1 aromatic carbocycles. The van der Waals surface area contributed by atoms with Crippen molar-refractivity contribution in [2.24, 2.45) is 5.73 Å². The molecule has 0 aliphatic heterocycles. The van der Waals surface area contributed by atoms with E-state index in [1.165, 1.54) is 6.07 Å². The van der Waals surface area contributed by atoms with E-state index in [0.717, 1.165) is 12.1 Å². The summed E-state index contributed by atoms with van der Waals surface area (Å²) in [5, 5.41) is 2.63. The normalized spacial score (nSPS) is 11.3. The maximum atomic E-state index is 12.6. The Morgan fingerprint density at radius 2 is 2.05 bits per heavy atom. The summed E-state index contributed by atoms with van der Waals surface area (Å²) in [4.78, 5) is 13.1. The van der Waals surface area contributed by atoms with Gasteiger partial charge in [-0.2, -0.15) is 13.2 Å². The molecule has 0 aliphatic rings. The summed E-state index contributed by atoms with van der Waals surface area (Å²) in [5.74, 6) is -0.196. The van der Waals surface area contributed by atoms with Crippen LogP contribution in [0, 0.1) is 0 Å². The van der Waals surface area contributed by atoms with Crippen LogP contribution in [-0.2, 0) is 17.5 Å². The standard InChI is InChI=1S/C13H18F3N3O/c1-3-18-12(20)8-19(2)11-5-4-10(13(14,15)16)6-9(11)7-17/h4-6H,3,7-8,17H2,1-2H3,(H,18,20). The van der Waals surface area contributed by atoms with Crippen LogP contribution in [0.1, 0.15) is 18.1 Å². The van der Waals surface area contributed by atoms with E-state index in [2.05, 4.69) is 5.32 Å². The lowest BCUT2D eigenvalue weighted by molar-refractivity contribution is -0.137. The molecule has 0 bridgehead atoms. The minimum Gasteiger partial charge on any atom is -0.365 e. The second-order valence-corrected chi connectivity index (χ2v) is 4.35. The number of anilines is 1. The first kappa shape index (κ1) is 16.3. The number of amides is 1. The molecule has 0 atom stereocenters. The van der Waals surface area contributed by atoms with Crippen LogP contribution in [0.3, 0.4) is 0 Å². The Morgan fingerprint density at radius 1 is 1.40 bits per heavy atom. The van der Waals surface area contributed by atoms with E-state index < -0.39 is 11.7 Å². The number of rotatable bonds is 5. The second-order valence-electron chi connectivity index (χ2n) is 4.35. The molecule has 20 heavy (non-hydrogen) atoms. The SMILES string of the molecule is CCNC(=O)CN(C)c1ccc(C(F)(F)F)cc1CN. The van der Waals surface area contributed by atoms with Gasteiger partial charge in [-0.15, -0.1) is 0 Å². The highest BCUT2D eigenvalue weighted by atomic mass is 19.4. The summed E-state index contributed by atoms with van der Waals surface area (Å²) < 4.78 is 37.9. The van der Waals surface area contributed by atoms with Crippen LogP contribution in [0.4, 0.5) is 18.9 Å². The minimum absolute atomic E-state index is 0.0288. The number of nitrogens with zero attached hydrogens (tertiary/aromatic N) is 1. The van der Waals surface area contributed by atoms with Crippen LogP contribution in [-0.4, -0.2) is 26.0 Å². The van der Waals surface area contributed by atoms with E-state index in [1.807, 2.05) is 0 Å². The lowest BCUT2D eigenvalue weighted by Gasteiger charge is -2.22. The van der Waals surface area contributed by atoms with Crippen LogP contribution >= 0.6 is 0 Å². The summed E-state index contributed by atoms with van der Waals surface area (Å²) in [6.07, 6.45) is -4.40. The van der Waals surface area contributed by atoms with Crippen LogP contribution in [0.15, 0.2) is 18.2 Å². The number of likely N-dealkylation sites (N-methyl/N-ethyl adjacent to an activating group) is 2. The number of alkyl halides is 3. The monoisotopic (exact) mass is 289 g/mol. The second kappa shape index (κ2) is 6.60. The number of hydrogen-bond donors (Lipinski definition) is 2. The lowest BCUT2D eigenvalue weighted by Crippen LogP contribution is -2.35. The molecule has 0 fully saturated rings. The Hall–Kier alpha value is -1.76. The molecule has 1 amide bonds. The van der Waals surface area contributed by atoms with Crippen molar-refractivity contribution in [2.75, 3.05) is 25.0 Å². The Balaban J connectivity index is 2.98. The molecular formula is C13H18F3N3O. The molecule has 0 aromatic heterocycles. The zero-order chi connectivity index (χ0) is 15.3. The lowest BCUT2D eigenvalue weighted by atomic mass is 10.1. The van der Waals surface area contributed by atoms with Crippen LogP contribution in [0.25, 0.3) is 0 Å². The first-order valence-electron chi connectivity index (χ1n) is 6.17. The van der Waals surface area contributed by atoms with Gasteiger partial charge in [-0.1, -0.05) is 0 Å². The average Bonchev–Trinajstić information content (AvgIpc) is 2.37. The van der Waals surface area contributed by atoms with Gasteiger partial charge in [0.2, 0.25) is 5.91 Å². The fourth-order valence-corrected chi connectivity index (χ4v) is 1.85. The van der Waals surface area contributed by atoms with Crippen molar-refractivity contribution in [1.82, 2.24) is 5.32 Å².